The quantitative estimate of drug-likeness (QED) is 0.410. The molecule has 4 rings (SSSR count). The Morgan fingerprint density at radius 2 is 2.12 bits per heavy atom. The first-order valence-electron chi connectivity index (χ1n) is 12.8. The number of ether oxygens (including phenoxy) is 2. The van der Waals surface area contributed by atoms with Crippen LogP contribution in [-0.2, 0) is 9.47 Å². The maximum atomic E-state index is 10.1. The predicted octanol–water partition coefficient (Wildman–Crippen LogP) is 5.00. The summed E-state index contributed by atoms with van der Waals surface area (Å²) in [5.74, 6) is 2.37. The van der Waals surface area contributed by atoms with E-state index in [-0.39, 0.29) is 24.7 Å². The summed E-state index contributed by atoms with van der Waals surface area (Å²) in [7, 11) is 0. The number of thioether (sulfide) groups is 1. The standard InChI is InChI=1S/C27H41NO4S/c1-3-6-19(7-5-15-29)27-26(24-13-8-20(30)16-25(24)33-27)32-22-11-9-21(10-12-22)31-23-17-28(18-23)14-4-2/h3,5,7-9,19,22-27,29-30H,1,4,6,10-18H2,2H3/b7-5-/t19-,22-,24-,25?,26-,27?/m1/s1. The molecule has 184 valence electrons. The molecule has 2 saturated heterocycles. The molecule has 2 fully saturated rings. The number of hydrogen-bond acceptors (Lipinski definition) is 6. The van der Waals surface area contributed by atoms with Gasteiger partial charge in [-0.1, -0.05) is 25.2 Å². The fourth-order valence-corrected chi connectivity index (χ4v) is 7.67. The summed E-state index contributed by atoms with van der Waals surface area (Å²) in [6, 6.07) is 0. The van der Waals surface area contributed by atoms with Crippen LogP contribution in [0.3, 0.4) is 0 Å². The minimum atomic E-state index is 0.0547. The van der Waals surface area contributed by atoms with Gasteiger partial charge >= 0.3 is 0 Å². The molecular weight excluding hydrogens is 434 g/mol. The monoisotopic (exact) mass is 475 g/mol. The first-order chi connectivity index (χ1) is 16.1. The molecule has 0 saturated carbocycles. The zero-order valence-electron chi connectivity index (χ0n) is 20.0. The van der Waals surface area contributed by atoms with Crippen molar-refractivity contribution in [3.63, 3.8) is 0 Å². The van der Waals surface area contributed by atoms with Crippen molar-refractivity contribution < 1.29 is 19.7 Å². The smallest absolute Gasteiger partial charge is 0.123 e. The van der Waals surface area contributed by atoms with E-state index in [0.29, 0.717) is 28.3 Å². The van der Waals surface area contributed by atoms with E-state index in [1.807, 2.05) is 30.0 Å². The van der Waals surface area contributed by atoms with E-state index in [1.165, 1.54) is 13.0 Å². The molecule has 0 radical (unpaired) electrons. The van der Waals surface area contributed by atoms with Gasteiger partial charge in [0.05, 0.1) is 30.3 Å². The van der Waals surface area contributed by atoms with Gasteiger partial charge in [-0.15, -0.1) is 6.58 Å². The van der Waals surface area contributed by atoms with Crippen LogP contribution in [-0.4, -0.2) is 70.2 Å². The third kappa shape index (κ3) is 6.27. The first-order valence-corrected chi connectivity index (χ1v) is 13.7. The highest BCUT2D eigenvalue weighted by molar-refractivity contribution is 8.00. The van der Waals surface area contributed by atoms with Gasteiger partial charge in [-0.05, 0) is 56.7 Å². The van der Waals surface area contributed by atoms with Crippen LogP contribution in [0, 0.1) is 11.8 Å². The van der Waals surface area contributed by atoms with E-state index >= 15 is 0 Å². The lowest BCUT2D eigenvalue weighted by Crippen LogP contribution is -2.52. The lowest BCUT2D eigenvalue weighted by atomic mass is 9.83. The van der Waals surface area contributed by atoms with Crippen molar-refractivity contribution in [3.8, 4) is 0 Å². The molecule has 2 N–H and O–H groups in total. The zero-order valence-corrected chi connectivity index (χ0v) is 20.8. The lowest BCUT2D eigenvalue weighted by molar-refractivity contribution is -0.0582. The minimum absolute atomic E-state index is 0.0547. The molecule has 0 aromatic heterocycles. The molecule has 2 aliphatic heterocycles. The molecule has 0 spiro atoms. The summed E-state index contributed by atoms with van der Waals surface area (Å²) in [6.07, 6.45) is 17.5. The second-order valence-corrected chi connectivity index (χ2v) is 11.3. The Morgan fingerprint density at radius 1 is 1.27 bits per heavy atom. The second-order valence-electron chi connectivity index (χ2n) is 9.90. The van der Waals surface area contributed by atoms with Gasteiger partial charge in [0.15, 0.2) is 0 Å². The van der Waals surface area contributed by atoms with E-state index < -0.39 is 0 Å². The summed E-state index contributed by atoms with van der Waals surface area (Å²) in [5.41, 5.74) is 0. The summed E-state index contributed by atoms with van der Waals surface area (Å²) >= 11 is 1.97. The molecular formula is C27H41NO4S. The van der Waals surface area contributed by atoms with Gasteiger partial charge in [0, 0.05) is 42.3 Å². The molecule has 0 bridgehead atoms. The molecule has 5 nitrogen and oxygen atoms in total. The molecule has 6 heteroatoms. The number of allylic oxidation sites excluding steroid dienone is 5. The molecule has 33 heavy (non-hydrogen) atoms. The van der Waals surface area contributed by atoms with Crippen LogP contribution >= 0.6 is 11.8 Å². The predicted molar refractivity (Wildman–Crippen MR) is 135 cm³/mol. The van der Waals surface area contributed by atoms with Gasteiger partial charge < -0.3 is 19.7 Å². The van der Waals surface area contributed by atoms with E-state index in [2.05, 4.69) is 30.6 Å². The highest BCUT2D eigenvalue weighted by Gasteiger charge is 2.48. The highest BCUT2D eigenvalue weighted by Crippen LogP contribution is 2.51. The Kier molecular flexibility index (Phi) is 9.03. The Labute approximate surface area is 203 Å². The Bertz CT molecular complexity index is 744. The number of aliphatic hydroxyl groups excluding tert-OH is 2. The van der Waals surface area contributed by atoms with E-state index in [4.69, 9.17) is 9.47 Å². The fraction of sp³-hybridized carbons (Fsp3) is 0.704. The summed E-state index contributed by atoms with van der Waals surface area (Å²) < 4.78 is 13.1. The Hall–Kier alpha value is -1.21. The van der Waals surface area contributed by atoms with Crippen LogP contribution in [0.1, 0.15) is 51.9 Å². The van der Waals surface area contributed by atoms with Gasteiger partial charge in [0.2, 0.25) is 0 Å². The number of nitrogens with zero attached hydrogens (tertiary/aromatic N) is 1. The van der Waals surface area contributed by atoms with Crippen LogP contribution in [0.2, 0.25) is 0 Å². The number of fused-ring (bicyclic) bond motifs is 1. The molecule has 6 atom stereocenters. The summed E-state index contributed by atoms with van der Waals surface area (Å²) in [6.45, 7) is 9.53. The van der Waals surface area contributed by atoms with Crippen molar-refractivity contribution in [2.75, 3.05) is 26.2 Å². The summed E-state index contributed by atoms with van der Waals surface area (Å²) in [5, 5.41) is 20.2. The third-order valence-electron chi connectivity index (χ3n) is 7.39. The topological polar surface area (TPSA) is 62.2 Å². The van der Waals surface area contributed by atoms with Crippen molar-refractivity contribution in [2.45, 2.75) is 80.7 Å². The van der Waals surface area contributed by atoms with E-state index in [9.17, 15) is 10.2 Å². The first kappa shape index (κ1) is 24.9. The molecule has 4 aliphatic rings. The lowest BCUT2D eigenvalue weighted by Gasteiger charge is -2.40. The Balaban J connectivity index is 1.37. The van der Waals surface area contributed by atoms with E-state index in [0.717, 1.165) is 57.4 Å². The molecule has 0 aromatic carbocycles. The van der Waals surface area contributed by atoms with Crippen LogP contribution in [0.4, 0.5) is 0 Å². The average Bonchev–Trinajstić information content (AvgIpc) is 3.13. The number of likely N-dealkylation sites (tertiary alicyclic amines) is 1. The molecule has 2 heterocycles. The Morgan fingerprint density at radius 3 is 2.82 bits per heavy atom. The van der Waals surface area contributed by atoms with Crippen molar-refractivity contribution in [3.05, 3.63) is 48.5 Å². The van der Waals surface area contributed by atoms with E-state index in [1.54, 1.807) is 0 Å². The van der Waals surface area contributed by atoms with Crippen LogP contribution < -0.4 is 0 Å². The molecule has 2 unspecified atom stereocenters. The van der Waals surface area contributed by atoms with Crippen LogP contribution in [0.25, 0.3) is 0 Å². The SMILES string of the molecule is C=CC[C@H](/C=C\CO)C1SC2CC(O)=CC[C@H]2[C@H]1O[C@@H]1CC=C(OC2CN(CCC)C2)CC1. The van der Waals surface area contributed by atoms with Gasteiger partial charge in [-0.25, -0.2) is 0 Å². The normalized spacial score (nSPS) is 33.8. The van der Waals surface area contributed by atoms with Crippen LogP contribution in [0.15, 0.2) is 48.5 Å². The average molecular weight is 476 g/mol. The van der Waals surface area contributed by atoms with Gasteiger partial charge in [-0.3, -0.25) is 4.90 Å². The van der Waals surface area contributed by atoms with Gasteiger partial charge in [-0.2, -0.15) is 11.8 Å². The van der Waals surface area contributed by atoms with Crippen LogP contribution in [0.5, 0.6) is 0 Å². The number of aliphatic hydroxyl groups is 2. The zero-order chi connectivity index (χ0) is 23.2. The minimum Gasteiger partial charge on any atom is -0.513 e. The van der Waals surface area contributed by atoms with Crippen molar-refractivity contribution >= 4 is 11.8 Å². The highest BCUT2D eigenvalue weighted by atomic mass is 32.2. The van der Waals surface area contributed by atoms with Gasteiger partial charge in [0.1, 0.15) is 6.10 Å². The maximum Gasteiger partial charge on any atom is 0.123 e. The fourth-order valence-electron chi connectivity index (χ4n) is 5.70. The van der Waals surface area contributed by atoms with Crippen molar-refractivity contribution in [1.29, 1.82) is 0 Å². The largest absolute Gasteiger partial charge is 0.513 e. The number of hydrogen-bond donors (Lipinski definition) is 2. The van der Waals surface area contributed by atoms with Gasteiger partial charge in [0.25, 0.3) is 0 Å². The van der Waals surface area contributed by atoms with Crippen molar-refractivity contribution in [1.82, 2.24) is 4.90 Å². The molecule has 0 aromatic rings. The number of rotatable bonds is 11. The van der Waals surface area contributed by atoms with Crippen molar-refractivity contribution in [2.24, 2.45) is 11.8 Å². The molecule has 0 amide bonds. The summed E-state index contributed by atoms with van der Waals surface area (Å²) in [4.78, 5) is 2.45. The second kappa shape index (κ2) is 12.0. The third-order valence-corrected chi connectivity index (χ3v) is 9.19. The maximum absolute atomic E-state index is 10.1. The molecule has 2 aliphatic carbocycles.